The number of methoxy groups -OCH3 is 1. The van der Waals surface area contributed by atoms with Crippen molar-refractivity contribution in [3.05, 3.63) is 52.2 Å². The molecule has 1 atom stereocenters. The summed E-state index contributed by atoms with van der Waals surface area (Å²) in [5.41, 5.74) is 0.813. The monoisotopic (exact) mass is 396 g/mol. The molecule has 0 spiro atoms. The van der Waals surface area contributed by atoms with Gasteiger partial charge in [-0.1, -0.05) is 18.2 Å². The number of aryl methyl sites for hydroxylation is 1. The van der Waals surface area contributed by atoms with E-state index in [4.69, 9.17) is 5.14 Å². The van der Waals surface area contributed by atoms with Crippen LogP contribution in [0.25, 0.3) is 0 Å². The van der Waals surface area contributed by atoms with Crippen molar-refractivity contribution in [3.63, 3.8) is 0 Å². The topological polar surface area (TPSA) is 116 Å². The Balaban J connectivity index is 1.94. The largest absolute Gasteiger partial charge is 0.469 e. The maximum absolute atomic E-state index is 12.2. The van der Waals surface area contributed by atoms with Crippen molar-refractivity contribution in [2.75, 3.05) is 7.11 Å². The number of carbonyl (C=O) groups excluding carboxylic acids is 2. The molecule has 7 nitrogen and oxygen atoms in total. The fourth-order valence-electron chi connectivity index (χ4n) is 2.33. The van der Waals surface area contributed by atoms with Gasteiger partial charge in [-0.3, -0.25) is 9.59 Å². The van der Waals surface area contributed by atoms with Crippen molar-refractivity contribution in [2.24, 2.45) is 5.14 Å². The molecule has 2 aromatic rings. The summed E-state index contributed by atoms with van der Waals surface area (Å²) in [5.74, 6) is -0.606. The predicted molar refractivity (Wildman–Crippen MR) is 98.0 cm³/mol. The Labute approximate surface area is 156 Å². The van der Waals surface area contributed by atoms with E-state index in [2.05, 4.69) is 10.1 Å². The quantitative estimate of drug-likeness (QED) is 0.660. The van der Waals surface area contributed by atoms with E-state index in [1.165, 1.54) is 30.6 Å². The number of hydrogen-bond donors (Lipinski definition) is 2. The van der Waals surface area contributed by atoms with Crippen LogP contribution in [0.2, 0.25) is 0 Å². The Morgan fingerprint density at radius 1 is 1.23 bits per heavy atom. The highest BCUT2D eigenvalue weighted by atomic mass is 32.2. The molecular formula is C17H20N2O5S2. The molecule has 1 aromatic heterocycles. The van der Waals surface area contributed by atoms with E-state index in [-0.39, 0.29) is 23.6 Å². The van der Waals surface area contributed by atoms with Gasteiger partial charge in [-0.05, 0) is 35.6 Å². The maximum atomic E-state index is 12.2. The minimum absolute atomic E-state index is 0.0292. The fourth-order valence-corrected chi connectivity index (χ4v) is 3.63. The molecule has 1 amide bonds. The summed E-state index contributed by atoms with van der Waals surface area (Å²) in [6.07, 6.45) is 0.704. The summed E-state index contributed by atoms with van der Waals surface area (Å²) in [7, 11) is -2.42. The SMILES string of the molecule is COC(=O)C[C@@H](NC(=O)CCc1ccc(S(N)(=O)=O)cc1)c1cccs1. The van der Waals surface area contributed by atoms with Crippen LogP contribution in [0.3, 0.4) is 0 Å². The molecule has 0 unspecified atom stereocenters. The summed E-state index contributed by atoms with van der Waals surface area (Å²) < 4.78 is 27.2. The third-order valence-electron chi connectivity index (χ3n) is 3.71. The molecule has 0 aliphatic heterocycles. The first-order valence-electron chi connectivity index (χ1n) is 7.81. The first kappa shape index (κ1) is 20.1. The van der Waals surface area contributed by atoms with Crippen LogP contribution in [-0.4, -0.2) is 27.4 Å². The molecule has 0 aliphatic carbocycles. The lowest BCUT2D eigenvalue weighted by Crippen LogP contribution is -2.30. The van der Waals surface area contributed by atoms with Gasteiger partial charge < -0.3 is 10.1 Å². The lowest BCUT2D eigenvalue weighted by atomic mass is 10.1. The van der Waals surface area contributed by atoms with Gasteiger partial charge in [0.15, 0.2) is 0 Å². The standard InChI is InChI=1S/C17H20N2O5S2/c1-24-17(21)11-14(15-3-2-10-25-15)19-16(20)9-6-12-4-7-13(8-5-12)26(18,22)23/h2-5,7-8,10,14H,6,9,11H2,1H3,(H,19,20)(H2,18,22,23)/t14-/m1/s1. The van der Waals surface area contributed by atoms with Crippen molar-refractivity contribution in [1.29, 1.82) is 0 Å². The second-order valence-electron chi connectivity index (χ2n) is 5.60. The molecule has 26 heavy (non-hydrogen) atoms. The summed E-state index contributed by atoms with van der Waals surface area (Å²) in [4.78, 5) is 24.7. The smallest absolute Gasteiger partial charge is 0.307 e. The minimum atomic E-state index is -3.73. The molecule has 3 N–H and O–H groups in total. The van der Waals surface area contributed by atoms with Gasteiger partial charge in [-0.15, -0.1) is 11.3 Å². The second-order valence-corrected chi connectivity index (χ2v) is 8.15. The molecule has 0 bridgehead atoms. The van der Waals surface area contributed by atoms with Crippen LogP contribution in [0.15, 0.2) is 46.7 Å². The molecule has 9 heteroatoms. The Bertz CT molecular complexity index is 846. The van der Waals surface area contributed by atoms with Gasteiger partial charge in [0, 0.05) is 11.3 Å². The van der Waals surface area contributed by atoms with Gasteiger partial charge in [-0.2, -0.15) is 0 Å². The maximum Gasteiger partial charge on any atom is 0.307 e. The number of nitrogens with one attached hydrogen (secondary N) is 1. The molecule has 1 heterocycles. The van der Waals surface area contributed by atoms with Gasteiger partial charge in [0.05, 0.1) is 24.5 Å². The fraction of sp³-hybridized carbons (Fsp3) is 0.294. The zero-order valence-corrected chi connectivity index (χ0v) is 15.8. The predicted octanol–water partition coefficient (Wildman–Crippen LogP) is 1.75. The van der Waals surface area contributed by atoms with Crippen LogP contribution in [-0.2, 0) is 30.8 Å². The van der Waals surface area contributed by atoms with E-state index in [1.54, 1.807) is 12.1 Å². The average molecular weight is 396 g/mol. The molecule has 0 fully saturated rings. The minimum Gasteiger partial charge on any atom is -0.469 e. The highest BCUT2D eigenvalue weighted by Gasteiger charge is 2.19. The van der Waals surface area contributed by atoms with Crippen LogP contribution >= 0.6 is 11.3 Å². The van der Waals surface area contributed by atoms with Crippen molar-refractivity contribution in [3.8, 4) is 0 Å². The molecule has 0 radical (unpaired) electrons. The number of hydrogen-bond acceptors (Lipinski definition) is 6. The van der Waals surface area contributed by atoms with E-state index >= 15 is 0 Å². The highest BCUT2D eigenvalue weighted by Crippen LogP contribution is 2.22. The van der Waals surface area contributed by atoms with Crippen LogP contribution in [0.1, 0.15) is 29.3 Å². The number of esters is 1. The zero-order valence-electron chi connectivity index (χ0n) is 14.2. The van der Waals surface area contributed by atoms with Gasteiger partial charge in [0.25, 0.3) is 0 Å². The van der Waals surface area contributed by atoms with Crippen molar-refractivity contribution in [1.82, 2.24) is 5.32 Å². The zero-order chi connectivity index (χ0) is 19.2. The van der Waals surface area contributed by atoms with Crippen LogP contribution < -0.4 is 10.5 Å². The third kappa shape index (κ3) is 5.94. The van der Waals surface area contributed by atoms with E-state index < -0.39 is 22.0 Å². The number of nitrogens with two attached hydrogens (primary N) is 1. The Kier molecular flexibility index (Phi) is 6.90. The molecule has 140 valence electrons. The summed E-state index contributed by atoms with van der Waals surface area (Å²) in [5, 5.41) is 9.77. The summed E-state index contributed by atoms with van der Waals surface area (Å²) >= 11 is 1.45. The number of benzene rings is 1. The molecule has 0 saturated carbocycles. The van der Waals surface area contributed by atoms with E-state index in [1.807, 2.05) is 17.5 Å². The third-order valence-corrected chi connectivity index (χ3v) is 5.63. The van der Waals surface area contributed by atoms with Crippen LogP contribution in [0.5, 0.6) is 0 Å². The number of carbonyl (C=O) groups is 2. The number of ether oxygens (including phenoxy) is 1. The van der Waals surface area contributed by atoms with Crippen LogP contribution in [0, 0.1) is 0 Å². The van der Waals surface area contributed by atoms with E-state index in [0.717, 1.165) is 10.4 Å². The van der Waals surface area contributed by atoms with E-state index in [9.17, 15) is 18.0 Å². The first-order valence-corrected chi connectivity index (χ1v) is 10.2. The van der Waals surface area contributed by atoms with Gasteiger partial charge in [0.1, 0.15) is 0 Å². The van der Waals surface area contributed by atoms with Crippen LogP contribution in [0.4, 0.5) is 0 Å². The molecule has 2 rings (SSSR count). The second kappa shape index (κ2) is 8.93. The number of amides is 1. The van der Waals surface area contributed by atoms with Crippen molar-refractivity contribution < 1.29 is 22.7 Å². The number of thiophene rings is 1. The molecule has 0 saturated heterocycles. The van der Waals surface area contributed by atoms with Gasteiger partial charge in [0.2, 0.25) is 15.9 Å². The average Bonchev–Trinajstić information content (AvgIpc) is 3.13. The number of primary sulfonamides is 1. The summed E-state index contributed by atoms with van der Waals surface area (Å²) in [6, 6.07) is 9.34. The first-order chi connectivity index (χ1) is 12.3. The lowest BCUT2D eigenvalue weighted by Gasteiger charge is -2.16. The number of rotatable bonds is 8. The summed E-state index contributed by atoms with van der Waals surface area (Å²) in [6.45, 7) is 0. The molecular weight excluding hydrogens is 376 g/mol. The molecule has 1 aromatic carbocycles. The van der Waals surface area contributed by atoms with Gasteiger partial charge >= 0.3 is 5.97 Å². The highest BCUT2D eigenvalue weighted by molar-refractivity contribution is 7.89. The van der Waals surface area contributed by atoms with Gasteiger partial charge in [-0.25, -0.2) is 13.6 Å². The van der Waals surface area contributed by atoms with Crippen molar-refractivity contribution in [2.45, 2.75) is 30.2 Å². The Hall–Kier alpha value is -2.23. The Morgan fingerprint density at radius 2 is 1.92 bits per heavy atom. The number of sulfonamides is 1. The van der Waals surface area contributed by atoms with E-state index in [0.29, 0.717) is 6.42 Å². The Morgan fingerprint density at radius 3 is 2.46 bits per heavy atom. The molecule has 0 aliphatic rings. The van der Waals surface area contributed by atoms with Crippen molar-refractivity contribution >= 4 is 33.2 Å². The normalized spacial score (nSPS) is 12.4. The lowest BCUT2D eigenvalue weighted by molar-refractivity contribution is -0.141.